The number of carboxylic acids is 1. The maximum Gasteiger partial charge on any atom is 0.0423 e. The Bertz CT molecular complexity index is 168. The van der Waals surface area contributed by atoms with Gasteiger partial charge in [0.05, 0.1) is 0 Å². The number of carbonyl (C=O) groups is 1. The van der Waals surface area contributed by atoms with Crippen LogP contribution in [0, 0.1) is 0 Å². The fourth-order valence-corrected chi connectivity index (χ4v) is 2.11. The molecule has 1 unspecified atom stereocenters. The summed E-state index contributed by atoms with van der Waals surface area (Å²) >= 11 is 0. The van der Waals surface area contributed by atoms with Crippen molar-refractivity contribution in [3.63, 3.8) is 0 Å². The van der Waals surface area contributed by atoms with Crippen LogP contribution in [0.4, 0.5) is 0 Å². The summed E-state index contributed by atoms with van der Waals surface area (Å²) in [5.41, 5.74) is 0. The summed E-state index contributed by atoms with van der Waals surface area (Å²) in [7, 11) is -0.965. The molecule has 0 N–H and O–H groups in total. The van der Waals surface area contributed by atoms with Crippen molar-refractivity contribution >= 4 is 16.8 Å². The van der Waals surface area contributed by atoms with Crippen molar-refractivity contribution in [1.82, 2.24) is 0 Å². The molecule has 0 aliphatic rings. The van der Waals surface area contributed by atoms with E-state index in [0.29, 0.717) is 5.75 Å². The molecule has 0 radical (unpaired) electrons. The van der Waals surface area contributed by atoms with E-state index < -0.39 is 16.8 Å². The van der Waals surface area contributed by atoms with Gasteiger partial charge in [-0.25, -0.2) is 0 Å². The zero-order valence-electron chi connectivity index (χ0n) is 8.08. The second kappa shape index (κ2) is 8.23. The molecule has 0 aromatic heterocycles. The first kappa shape index (κ1) is 12.6. The predicted octanol–water partition coefficient (Wildman–Crippen LogP) is 0.455. The molecule has 0 heterocycles. The highest BCUT2D eigenvalue weighted by Crippen LogP contribution is 2.00. The largest absolute Gasteiger partial charge is 0.550 e. The Balaban J connectivity index is 3.25. The molecule has 0 saturated carbocycles. The lowest BCUT2D eigenvalue weighted by Crippen LogP contribution is -2.24. The second-order valence-electron chi connectivity index (χ2n) is 3.03. The van der Waals surface area contributed by atoms with Crippen molar-refractivity contribution in [3.8, 4) is 0 Å². The van der Waals surface area contributed by atoms with Crippen LogP contribution < -0.4 is 5.11 Å². The van der Waals surface area contributed by atoms with E-state index in [-0.39, 0.29) is 12.2 Å². The van der Waals surface area contributed by atoms with Gasteiger partial charge in [-0.3, -0.25) is 4.21 Å². The molecule has 0 rings (SSSR count). The quantitative estimate of drug-likeness (QED) is 0.541. The van der Waals surface area contributed by atoms with Crippen LogP contribution in [0.25, 0.3) is 0 Å². The highest BCUT2D eigenvalue weighted by atomic mass is 32.2. The molecule has 78 valence electrons. The van der Waals surface area contributed by atoms with Gasteiger partial charge in [-0.15, -0.1) is 0 Å². The van der Waals surface area contributed by atoms with Gasteiger partial charge in [0.15, 0.2) is 0 Å². The Hall–Kier alpha value is -0.380. The van der Waals surface area contributed by atoms with Crippen LogP contribution in [0.1, 0.15) is 39.0 Å². The van der Waals surface area contributed by atoms with Gasteiger partial charge in [0.2, 0.25) is 0 Å². The van der Waals surface area contributed by atoms with Gasteiger partial charge < -0.3 is 9.90 Å². The van der Waals surface area contributed by atoms with E-state index in [1.165, 1.54) is 0 Å². The maximum atomic E-state index is 11.1. The van der Waals surface area contributed by atoms with Crippen molar-refractivity contribution in [3.05, 3.63) is 0 Å². The van der Waals surface area contributed by atoms with Gasteiger partial charge >= 0.3 is 0 Å². The minimum absolute atomic E-state index is 0.0829. The van der Waals surface area contributed by atoms with Gasteiger partial charge in [0.25, 0.3) is 0 Å². The summed E-state index contributed by atoms with van der Waals surface area (Å²) < 4.78 is 11.1. The van der Waals surface area contributed by atoms with Crippen molar-refractivity contribution in [2.45, 2.75) is 39.0 Å². The fraction of sp³-hybridized carbons (Fsp3) is 0.889. The Morgan fingerprint density at radius 2 is 1.92 bits per heavy atom. The van der Waals surface area contributed by atoms with E-state index in [0.717, 1.165) is 25.7 Å². The van der Waals surface area contributed by atoms with Gasteiger partial charge in [0, 0.05) is 28.3 Å². The highest BCUT2D eigenvalue weighted by Gasteiger charge is 1.99. The normalized spacial score (nSPS) is 12.7. The minimum atomic E-state index is -1.11. The highest BCUT2D eigenvalue weighted by molar-refractivity contribution is 7.84. The molecular weight excluding hydrogens is 188 g/mol. The van der Waals surface area contributed by atoms with Crippen molar-refractivity contribution in [1.29, 1.82) is 0 Å². The minimum Gasteiger partial charge on any atom is -0.550 e. The van der Waals surface area contributed by atoms with E-state index in [1.54, 1.807) is 0 Å². The summed E-state index contributed by atoms with van der Waals surface area (Å²) in [6, 6.07) is 0. The van der Waals surface area contributed by atoms with Crippen LogP contribution in [0.15, 0.2) is 0 Å². The van der Waals surface area contributed by atoms with E-state index in [1.807, 2.05) is 0 Å². The number of hydrogen-bond donors (Lipinski definition) is 0. The molecule has 13 heavy (non-hydrogen) atoms. The molecule has 4 heteroatoms. The standard InChI is InChI=1S/C9H18O3S/c1-2-3-4-5-7-13(12)8-6-9(10)11/h2-8H2,1H3,(H,10,11)/p-1. The molecule has 0 aromatic rings. The lowest BCUT2D eigenvalue weighted by atomic mass is 10.2. The third-order valence-corrected chi connectivity index (χ3v) is 3.16. The van der Waals surface area contributed by atoms with E-state index in [2.05, 4.69) is 6.92 Å². The third kappa shape index (κ3) is 9.53. The van der Waals surface area contributed by atoms with Crippen LogP contribution in [0.3, 0.4) is 0 Å². The SMILES string of the molecule is CCCCCCS(=O)CCC(=O)[O-]. The number of carbonyl (C=O) groups excluding carboxylic acids is 1. The molecular formula is C9H17O3S-. The molecule has 0 aliphatic heterocycles. The van der Waals surface area contributed by atoms with E-state index in [9.17, 15) is 14.1 Å². The molecule has 0 aromatic carbocycles. The number of hydrogen-bond acceptors (Lipinski definition) is 3. The van der Waals surface area contributed by atoms with E-state index >= 15 is 0 Å². The Morgan fingerprint density at radius 3 is 2.46 bits per heavy atom. The van der Waals surface area contributed by atoms with Crippen LogP contribution in [0.2, 0.25) is 0 Å². The summed E-state index contributed by atoms with van der Waals surface area (Å²) in [5.74, 6) is -0.233. The first-order valence-electron chi connectivity index (χ1n) is 4.71. The van der Waals surface area contributed by atoms with Crippen LogP contribution >= 0.6 is 0 Å². The van der Waals surface area contributed by atoms with Crippen molar-refractivity contribution in [2.75, 3.05) is 11.5 Å². The van der Waals surface area contributed by atoms with Crippen LogP contribution in [0.5, 0.6) is 0 Å². The first-order chi connectivity index (χ1) is 6.16. The summed E-state index contributed by atoms with van der Waals surface area (Å²) in [6.07, 6.45) is 4.27. The molecule has 0 amide bonds. The summed E-state index contributed by atoms with van der Waals surface area (Å²) in [5, 5.41) is 10.0. The molecule has 0 fully saturated rings. The number of aliphatic carboxylic acids is 1. The average Bonchev–Trinajstić information content (AvgIpc) is 2.09. The summed E-state index contributed by atoms with van der Waals surface area (Å²) in [4.78, 5) is 10.0. The topological polar surface area (TPSA) is 57.2 Å². The molecule has 3 nitrogen and oxygen atoms in total. The predicted molar refractivity (Wildman–Crippen MR) is 51.6 cm³/mol. The molecule has 0 saturated heterocycles. The van der Waals surface area contributed by atoms with Gasteiger partial charge in [-0.05, 0) is 12.8 Å². The van der Waals surface area contributed by atoms with E-state index in [4.69, 9.17) is 0 Å². The smallest absolute Gasteiger partial charge is 0.0423 e. The van der Waals surface area contributed by atoms with Crippen LogP contribution in [-0.4, -0.2) is 21.7 Å². The molecule has 1 atom stereocenters. The van der Waals surface area contributed by atoms with Crippen LogP contribution in [-0.2, 0) is 15.6 Å². The molecule has 0 spiro atoms. The third-order valence-electron chi connectivity index (χ3n) is 1.76. The first-order valence-corrected chi connectivity index (χ1v) is 6.20. The zero-order chi connectivity index (χ0) is 10.1. The Labute approximate surface area is 82.0 Å². The molecule has 0 bridgehead atoms. The van der Waals surface area contributed by atoms with Gasteiger partial charge in [-0.2, -0.15) is 0 Å². The Kier molecular flexibility index (Phi) is 7.99. The monoisotopic (exact) mass is 205 g/mol. The number of rotatable bonds is 8. The molecule has 0 aliphatic carbocycles. The average molecular weight is 205 g/mol. The zero-order valence-corrected chi connectivity index (χ0v) is 8.90. The lowest BCUT2D eigenvalue weighted by molar-refractivity contribution is -0.305. The van der Waals surface area contributed by atoms with Crippen molar-refractivity contribution in [2.24, 2.45) is 0 Å². The Morgan fingerprint density at radius 1 is 1.23 bits per heavy atom. The maximum absolute atomic E-state index is 11.1. The fourth-order valence-electron chi connectivity index (χ4n) is 0.989. The lowest BCUT2D eigenvalue weighted by Gasteiger charge is -2.02. The summed E-state index contributed by atoms with van der Waals surface area (Å²) in [6.45, 7) is 2.12. The van der Waals surface area contributed by atoms with Gasteiger partial charge in [-0.1, -0.05) is 26.2 Å². The van der Waals surface area contributed by atoms with Gasteiger partial charge in [0.1, 0.15) is 0 Å². The number of carboxylic acid groups (broad SMARTS) is 1. The second-order valence-corrected chi connectivity index (χ2v) is 4.73. The number of unbranched alkanes of at least 4 members (excludes halogenated alkanes) is 3. The van der Waals surface area contributed by atoms with Crippen molar-refractivity contribution < 1.29 is 14.1 Å².